The van der Waals surface area contributed by atoms with Gasteiger partial charge in [0.2, 0.25) is 0 Å². The zero-order valence-corrected chi connectivity index (χ0v) is 8.85. The lowest BCUT2D eigenvalue weighted by Crippen LogP contribution is -1.99. The summed E-state index contributed by atoms with van der Waals surface area (Å²) in [6.45, 7) is -0.115. The molecule has 72 valence electrons. The summed E-state index contributed by atoms with van der Waals surface area (Å²) in [5.74, 6) is 0.535. The van der Waals surface area contributed by atoms with Gasteiger partial charge in [0.05, 0.1) is 0 Å². The molecule has 1 N–H and O–H groups in total. The van der Waals surface area contributed by atoms with Crippen LogP contribution in [0.3, 0.4) is 0 Å². The molecule has 0 bridgehead atoms. The third kappa shape index (κ3) is 1.69. The Balaban J connectivity index is 2.44. The van der Waals surface area contributed by atoms with Gasteiger partial charge in [0, 0.05) is 10.2 Å². The first kappa shape index (κ1) is 9.36. The second kappa shape index (κ2) is 3.89. The molecule has 0 saturated carbocycles. The Kier molecular flexibility index (Phi) is 2.60. The fraction of sp³-hybridized carbons (Fsp3) is 0.111. The van der Waals surface area contributed by atoms with Crippen molar-refractivity contribution in [3.8, 4) is 5.69 Å². The van der Waals surface area contributed by atoms with Gasteiger partial charge in [-0.05, 0) is 24.3 Å². The van der Waals surface area contributed by atoms with Gasteiger partial charge in [0.1, 0.15) is 12.9 Å². The standard InChI is InChI=1S/C9H8BrN3O/c10-7-1-3-8(4-2-7)13-6-11-12-9(13)5-14/h1-4,6,14H,5H2. The quantitative estimate of drug-likeness (QED) is 0.883. The number of aliphatic hydroxyl groups excluding tert-OH is 1. The molecule has 2 rings (SSSR count). The largest absolute Gasteiger partial charge is 0.388 e. The van der Waals surface area contributed by atoms with Crippen molar-refractivity contribution in [3.63, 3.8) is 0 Å². The number of hydrogen-bond donors (Lipinski definition) is 1. The molecule has 0 atom stereocenters. The maximum atomic E-state index is 8.99. The summed E-state index contributed by atoms with van der Waals surface area (Å²) in [7, 11) is 0. The van der Waals surface area contributed by atoms with Crippen molar-refractivity contribution >= 4 is 15.9 Å². The van der Waals surface area contributed by atoms with E-state index in [4.69, 9.17) is 5.11 Å². The fourth-order valence-corrected chi connectivity index (χ4v) is 1.45. The Morgan fingerprint density at radius 1 is 1.29 bits per heavy atom. The molecule has 5 heteroatoms. The Morgan fingerprint density at radius 2 is 2.00 bits per heavy atom. The van der Waals surface area contributed by atoms with Crippen LogP contribution in [0.25, 0.3) is 5.69 Å². The normalized spacial score (nSPS) is 10.4. The van der Waals surface area contributed by atoms with E-state index in [9.17, 15) is 0 Å². The number of nitrogens with zero attached hydrogens (tertiary/aromatic N) is 3. The van der Waals surface area contributed by atoms with Crippen molar-refractivity contribution in [2.75, 3.05) is 0 Å². The van der Waals surface area contributed by atoms with Crippen LogP contribution in [0.5, 0.6) is 0 Å². The summed E-state index contributed by atoms with van der Waals surface area (Å²) < 4.78 is 2.76. The molecule has 0 aliphatic rings. The third-order valence-corrected chi connectivity index (χ3v) is 2.39. The maximum absolute atomic E-state index is 8.99. The first-order chi connectivity index (χ1) is 6.81. The highest BCUT2D eigenvalue weighted by Crippen LogP contribution is 2.14. The smallest absolute Gasteiger partial charge is 0.163 e. The van der Waals surface area contributed by atoms with Crippen LogP contribution in [-0.4, -0.2) is 19.9 Å². The summed E-state index contributed by atoms with van der Waals surface area (Å²) >= 11 is 3.35. The van der Waals surface area contributed by atoms with Crippen LogP contribution < -0.4 is 0 Å². The lowest BCUT2D eigenvalue weighted by molar-refractivity contribution is 0.269. The fourth-order valence-electron chi connectivity index (χ4n) is 1.18. The SMILES string of the molecule is OCc1nncn1-c1ccc(Br)cc1. The monoisotopic (exact) mass is 253 g/mol. The summed E-state index contributed by atoms with van der Waals surface area (Å²) in [4.78, 5) is 0. The molecule has 0 aliphatic heterocycles. The first-order valence-corrected chi connectivity index (χ1v) is 4.86. The van der Waals surface area contributed by atoms with Crippen LogP contribution in [0.15, 0.2) is 35.1 Å². The van der Waals surface area contributed by atoms with Crippen molar-refractivity contribution in [3.05, 3.63) is 40.9 Å². The Bertz CT molecular complexity index is 424. The lowest BCUT2D eigenvalue weighted by Gasteiger charge is -2.03. The second-order valence-electron chi connectivity index (χ2n) is 2.75. The van der Waals surface area contributed by atoms with E-state index in [0.29, 0.717) is 5.82 Å². The second-order valence-corrected chi connectivity index (χ2v) is 3.67. The number of hydrogen-bond acceptors (Lipinski definition) is 3. The van der Waals surface area contributed by atoms with E-state index in [1.807, 2.05) is 24.3 Å². The molecular weight excluding hydrogens is 246 g/mol. The molecule has 14 heavy (non-hydrogen) atoms. The molecule has 4 nitrogen and oxygen atoms in total. The topological polar surface area (TPSA) is 50.9 Å². The van der Waals surface area contributed by atoms with Crippen LogP contribution in [0.2, 0.25) is 0 Å². The number of rotatable bonds is 2. The lowest BCUT2D eigenvalue weighted by atomic mass is 10.3. The van der Waals surface area contributed by atoms with Gasteiger partial charge in [0.15, 0.2) is 5.82 Å². The van der Waals surface area contributed by atoms with Gasteiger partial charge in [-0.2, -0.15) is 0 Å². The number of halogens is 1. The third-order valence-electron chi connectivity index (χ3n) is 1.86. The Labute approximate surface area is 89.3 Å². The van der Waals surface area contributed by atoms with Gasteiger partial charge < -0.3 is 5.11 Å². The van der Waals surface area contributed by atoms with Gasteiger partial charge in [-0.15, -0.1) is 10.2 Å². The molecule has 1 aromatic heterocycles. The van der Waals surface area contributed by atoms with Crippen molar-refractivity contribution in [2.24, 2.45) is 0 Å². The molecule has 0 unspecified atom stereocenters. The van der Waals surface area contributed by atoms with Crippen molar-refractivity contribution in [1.82, 2.24) is 14.8 Å². The molecule has 0 fully saturated rings. The minimum atomic E-state index is -0.115. The van der Waals surface area contributed by atoms with Gasteiger partial charge in [-0.3, -0.25) is 4.57 Å². The van der Waals surface area contributed by atoms with Gasteiger partial charge >= 0.3 is 0 Å². The number of aromatic nitrogens is 3. The predicted octanol–water partition coefficient (Wildman–Crippen LogP) is 1.52. The van der Waals surface area contributed by atoms with Gasteiger partial charge in [-0.25, -0.2) is 0 Å². The van der Waals surface area contributed by atoms with Crippen LogP contribution in [0, 0.1) is 0 Å². The average molecular weight is 254 g/mol. The Morgan fingerprint density at radius 3 is 2.64 bits per heavy atom. The minimum absolute atomic E-state index is 0.115. The van der Waals surface area contributed by atoms with Crippen LogP contribution in [0.1, 0.15) is 5.82 Å². The molecule has 2 aromatic rings. The first-order valence-electron chi connectivity index (χ1n) is 4.07. The number of aliphatic hydroxyl groups is 1. The van der Waals surface area contributed by atoms with Crippen molar-refractivity contribution in [2.45, 2.75) is 6.61 Å². The van der Waals surface area contributed by atoms with Crippen LogP contribution in [0.4, 0.5) is 0 Å². The molecule has 0 saturated heterocycles. The minimum Gasteiger partial charge on any atom is -0.388 e. The summed E-state index contributed by atoms with van der Waals surface area (Å²) in [6.07, 6.45) is 1.58. The van der Waals surface area contributed by atoms with Gasteiger partial charge in [0.25, 0.3) is 0 Å². The van der Waals surface area contributed by atoms with E-state index in [-0.39, 0.29) is 6.61 Å². The van der Waals surface area contributed by atoms with Crippen molar-refractivity contribution < 1.29 is 5.11 Å². The molecule has 0 radical (unpaired) electrons. The molecule has 1 aromatic carbocycles. The van der Waals surface area contributed by atoms with Crippen molar-refractivity contribution in [1.29, 1.82) is 0 Å². The highest BCUT2D eigenvalue weighted by molar-refractivity contribution is 9.10. The molecule has 1 heterocycles. The predicted molar refractivity (Wildman–Crippen MR) is 55.0 cm³/mol. The molecule has 0 amide bonds. The van der Waals surface area contributed by atoms with E-state index >= 15 is 0 Å². The Hall–Kier alpha value is -1.20. The molecular formula is C9H8BrN3O. The average Bonchev–Trinajstić information content (AvgIpc) is 2.67. The summed E-state index contributed by atoms with van der Waals surface area (Å²) in [5, 5.41) is 16.5. The van der Waals surface area contributed by atoms with Crippen LogP contribution in [-0.2, 0) is 6.61 Å². The van der Waals surface area contributed by atoms with Crippen LogP contribution >= 0.6 is 15.9 Å². The van der Waals surface area contributed by atoms with E-state index in [2.05, 4.69) is 26.1 Å². The highest BCUT2D eigenvalue weighted by atomic mass is 79.9. The number of benzene rings is 1. The maximum Gasteiger partial charge on any atom is 0.163 e. The zero-order valence-electron chi connectivity index (χ0n) is 7.26. The zero-order chi connectivity index (χ0) is 9.97. The van der Waals surface area contributed by atoms with E-state index in [0.717, 1.165) is 10.2 Å². The van der Waals surface area contributed by atoms with E-state index < -0.39 is 0 Å². The summed E-state index contributed by atoms with van der Waals surface area (Å²) in [5.41, 5.74) is 0.933. The summed E-state index contributed by atoms with van der Waals surface area (Å²) in [6, 6.07) is 7.70. The van der Waals surface area contributed by atoms with Gasteiger partial charge in [-0.1, -0.05) is 15.9 Å². The molecule has 0 spiro atoms. The van der Waals surface area contributed by atoms with E-state index in [1.54, 1.807) is 10.9 Å². The highest BCUT2D eigenvalue weighted by Gasteiger charge is 2.03. The molecule has 0 aliphatic carbocycles. The van der Waals surface area contributed by atoms with E-state index in [1.165, 1.54) is 0 Å².